The number of allylic oxidation sites excluding steroid dienone is 3. The first-order valence-corrected chi connectivity index (χ1v) is 5.88. The molecule has 0 N–H and O–H groups in total. The molecule has 0 aliphatic carbocycles. The molecule has 0 atom stereocenters. The molecule has 0 spiro atoms. The SMILES string of the molecule is C=CC.C=CC=C=CC.CC.CC.CC. The molecule has 0 amide bonds. The highest BCUT2D eigenvalue weighted by molar-refractivity contribution is 4.95. The van der Waals surface area contributed by atoms with Crippen molar-refractivity contribution in [2.75, 3.05) is 0 Å². The fraction of sp³-hybridized carbons (Fsp3) is 0.533. The monoisotopic (exact) mass is 212 g/mol. The smallest absolute Gasteiger partial charge is 0.0209 e. The first-order valence-electron chi connectivity index (χ1n) is 5.88. The van der Waals surface area contributed by atoms with Crippen LogP contribution in [0, 0.1) is 0 Å². The van der Waals surface area contributed by atoms with Crippen LogP contribution < -0.4 is 0 Å². The molecule has 0 nitrogen and oxygen atoms in total. The predicted molar refractivity (Wildman–Crippen MR) is 78.4 cm³/mol. The van der Waals surface area contributed by atoms with Crippen LogP contribution in [0.15, 0.2) is 43.2 Å². The molecule has 0 rings (SSSR count). The normalized spacial score (nSPS) is 4.27. The Morgan fingerprint density at radius 2 is 1.07 bits per heavy atom. The minimum atomic E-state index is 1.69. The molecule has 0 heterocycles. The molecule has 0 heteroatoms. The average molecular weight is 212 g/mol. The highest BCUT2D eigenvalue weighted by Gasteiger charge is 1.42. The summed E-state index contributed by atoms with van der Waals surface area (Å²) in [5, 5.41) is 0. The quantitative estimate of drug-likeness (QED) is 0.277. The summed E-state index contributed by atoms with van der Waals surface area (Å²) in [6.45, 7) is 22.6. The molecule has 0 aromatic heterocycles. The third kappa shape index (κ3) is 393. The fourth-order valence-corrected chi connectivity index (χ4v) is 0.164. The van der Waals surface area contributed by atoms with Gasteiger partial charge in [-0.05, 0) is 26.0 Å². The minimum Gasteiger partial charge on any atom is -0.126 e. The molecule has 0 saturated heterocycles. The zero-order valence-corrected chi connectivity index (χ0v) is 12.2. The molecule has 0 radical (unpaired) electrons. The van der Waals surface area contributed by atoms with Gasteiger partial charge in [0.05, 0.1) is 0 Å². The Morgan fingerprint density at radius 3 is 1.13 bits per heavy atom. The molecule has 92 valence electrons. The fourth-order valence-electron chi connectivity index (χ4n) is 0.164. The summed E-state index contributed by atoms with van der Waals surface area (Å²) < 4.78 is 0. The van der Waals surface area contributed by atoms with Gasteiger partial charge in [0.15, 0.2) is 0 Å². The van der Waals surface area contributed by atoms with E-state index in [-0.39, 0.29) is 0 Å². The van der Waals surface area contributed by atoms with Crippen molar-refractivity contribution in [1.29, 1.82) is 0 Å². The van der Waals surface area contributed by atoms with Gasteiger partial charge in [-0.25, -0.2) is 0 Å². The minimum absolute atomic E-state index is 1.69. The molecule has 0 aromatic rings. The lowest BCUT2D eigenvalue weighted by atomic mass is 10.5. The predicted octanol–water partition coefficient (Wildman–Crippen LogP) is 6.17. The summed E-state index contributed by atoms with van der Waals surface area (Å²) in [6, 6.07) is 0. The van der Waals surface area contributed by atoms with Gasteiger partial charge < -0.3 is 0 Å². The van der Waals surface area contributed by atoms with E-state index in [1.165, 1.54) is 0 Å². The number of hydrogen-bond acceptors (Lipinski definition) is 0. The Labute approximate surface area is 99.1 Å². The second kappa shape index (κ2) is 117. The molecule has 0 fully saturated rings. The van der Waals surface area contributed by atoms with Gasteiger partial charge in [0.2, 0.25) is 0 Å². The van der Waals surface area contributed by atoms with Gasteiger partial charge in [-0.15, -0.1) is 12.3 Å². The highest BCUT2D eigenvalue weighted by Crippen LogP contribution is 1.63. The van der Waals surface area contributed by atoms with Crippen molar-refractivity contribution in [1.82, 2.24) is 0 Å². The largest absolute Gasteiger partial charge is 0.126 e. The van der Waals surface area contributed by atoms with Crippen molar-refractivity contribution in [2.24, 2.45) is 0 Å². The van der Waals surface area contributed by atoms with Gasteiger partial charge in [-0.2, -0.15) is 0 Å². The van der Waals surface area contributed by atoms with E-state index in [1.54, 1.807) is 18.2 Å². The average Bonchev–Trinajstić information content (AvgIpc) is 2.35. The third-order valence-electron chi connectivity index (χ3n) is 0.381. The molecule has 0 saturated carbocycles. The van der Waals surface area contributed by atoms with Crippen LogP contribution in [0.2, 0.25) is 0 Å². The van der Waals surface area contributed by atoms with Crippen LogP contribution in [0.25, 0.3) is 0 Å². The summed E-state index contributed by atoms with van der Waals surface area (Å²) in [7, 11) is 0. The van der Waals surface area contributed by atoms with E-state index in [0.717, 1.165) is 0 Å². The maximum atomic E-state index is 3.46. The van der Waals surface area contributed by atoms with Crippen molar-refractivity contribution >= 4 is 0 Å². The highest BCUT2D eigenvalue weighted by atomic mass is 13.5. The Balaban J connectivity index is -0.0000000318. The zero-order valence-electron chi connectivity index (χ0n) is 12.2. The van der Waals surface area contributed by atoms with Crippen LogP contribution in [0.5, 0.6) is 0 Å². The van der Waals surface area contributed by atoms with Crippen molar-refractivity contribution in [2.45, 2.75) is 55.4 Å². The van der Waals surface area contributed by atoms with Crippen LogP contribution >= 0.6 is 0 Å². The van der Waals surface area contributed by atoms with Crippen LogP contribution in [-0.2, 0) is 0 Å². The number of rotatable bonds is 1. The van der Waals surface area contributed by atoms with Crippen LogP contribution in [-0.4, -0.2) is 0 Å². The van der Waals surface area contributed by atoms with E-state index in [9.17, 15) is 0 Å². The van der Waals surface area contributed by atoms with Crippen molar-refractivity contribution < 1.29 is 0 Å². The van der Waals surface area contributed by atoms with Gasteiger partial charge in [-0.3, -0.25) is 0 Å². The van der Waals surface area contributed by atoms with Crippen LogP contribution in [0.4, 0.5) is 0 Å². The lowest BCUT2D eigenvalue weighted by molar-refractivity contribution is 1.50. The van der Waals surface area contributed by atoms with E-state index in [4.69, 9.17) is 0 Å². The van der Waals surface area contributed by atoms with Gasteiger partial charge in [0.1, 0.15) is 0 Å². The third-order valence-corrected chi connectivity index (χ3v) is 0.381. The first kappa shape index (κ1) is 29.2. The molecule has 0 aliphatic heterocycles. The standard InChI is InChI=1S/C6H8.C3H6.3C2H6/c1-3-5-6-4-2;1-3-2;3*1-2/h3-5H,1H2,2H3;3H,1H2,2H3;3*1-2H3. The van der Waals surface area contributed by atoms with E-state index >= 15 is 0 Å². The van der Waals surface area contributed by atoms with E-state index in [2.05, 4.69) is 18.9 Å². The molecule has 0 aromatic carbocycles. The van der Waals surface area contributed by atoms with Crippen LogP contribution in [0.1, 0.15) is 55.4 Å². The van der Waals surface area contributed by atoms with E-state index in [0.29, 0.717) is 0 Å². The van der Waals surface area contributed by atoms with E-state index < -0.39 is 0 Å². The van der Waals surface area contributed by atoms with Gasteiger partial charge >= 0.3 is 0 Å². The zero-order chi connectivity index (χ0) is 13.5. The molecular weight excluding hydrogens is 180 g/mol. The molecule has 0 unspecified atom stereocenters. The van der Waals surface area contributed by atoms with E-state index in [1.807, 2.05) is 61.5 Å². The Morgan fingerprint density at radius 1 is 0.800 bits per heavy atom. The number of hydrogen-bond donors (Lipinski definition) is 0. The van der Waals surface area contributed by atoms with Gasteiger partial charge in [0, 0.05) is 0 Å². The van der Waals surface area contributed by atoms with Crippen molar-refractivity contribution in [3.8, 4) is 0 Å². The topological polar surface area (TPSA) is 0 Å². The lowest BCUT2D eigenvalue weighted by Gasteiger charge is -1.53. The van der Waals surface area contributed by atoms with Crippen molar-refractivity contribution in [3.63, 3.8) is 0 Å². The Bertz CT molecular complexity index is 112. The summed E-state index contributed by atoms with van der Waals surface area (Å²) >= 11 is 0. The second-order valence-electron chi connectivity index (χ2n) is 1.27. The van der Waals surface area contributed by atoms with Gasteiger partial charge in [-0.1, -0.05) is 60.3 Å². The molecule has 0 bridgehead atoms. The molecular formula is C15H32. The summed E-state index contributed by atoms with van der Waals surface area (Å²) in [5.41, 5.74) is 2.83. The maximum absolute atomic E-state index is 3.46. The lowest BCUT2D eigenvalue weighted by Crippen LogP contribution is -1.32. The first-order chi connectivity index (χ1) is 7.33. The second-order valence-corrected chi connectivity index (χ2v) is 1.27. The maximum Gasteiger partial charge on any atom is -0.0209 e. The summed E-state index contributed by atoms with van der Waals surface area (Å²) in [4.78, 5) is 0. The summed E-state index contributed by atoms with van der Waals surface area (Å²) in [5.74, 6) is 0. The Hall–Kier alpha value is -1.00. The Kier molecular flexibility index (Phi) is 228. The summed E-state index contributed by atoms with van der Waals surface area (Å²) in [6.07, 6.45) is 7.04. The van der Waals surface area contributed by atoms with Gasteiger partial charge in [0.25, 0.3) is 0 Å². The molecule has 15 heavy (non-hydrogen) atoms. The molecule has 0 aliphatic rings. The van der Waals surface area contributed by atoms with Crippen LogP contribution in [0.3, 0.4) is 0 Å². The van der Waals surface area contributed by atoms with Crippen molar-refractivity contribution in [3.05, 3.63) is 43.2 Å².